The number of aromatic nitrogens is 2. The lowest BCUT2D eigenvalue weighted by atomic mass is 9.82. The van der Waals surface area contributed by atoms with Gasteiger partial charge in [0, 0.05) is 61.9 Å². The number of rotatable bonds is 3. The molecule has 184 valence electrons. The van der Waals surface area contributed by atoms with E-state index in [1.54, 1.807) is 24.4 Å². The average molecular weight is 485 g/mol. The molecule has 1 spiro atoms. The first-order valence-corrected chi connectivity index (χ1v) is 12.6. The number of carbonyl (C=O) groups is 3. The number of hydrogen-bond donors (Lipinski definition) is 1. The van der Waals surface area contributed by atoms with Gasteiger partial charge < -0.3 is 14.5 Å². The van der Waals surface area contributed by atoms with E-state index in [4.69, 9.17) is 4.74 Å². The second-order valence-corrected chi connectivity index (χ2v) is 9.93. The molecule has 6 rings (SSSR count). The fourth-order valence-corrected chi connectivity index (χ4v) is 5.54. The number of likely N-dealkylation sites (tertiary alicyclic amines) is 2. The third kappa shape index (κ3) is 4.06. The normalized spacial score (nSPS) is 18.7. The van der Waals surface area contributed by atoms with E-state index in [0.29, 0.717) is 48.4 Å². The number of H-pyrrole nitrogens is 1. The molecule has 8 nitrogen and oxygen atoms in total. The lowest BCUT2D eigenvalue weighted by Gasteiger charge is -2.44. The topological polar surface area (TPSA) is 95.6 Å². The van der Waals surface area contributed by atoms with Crippen LogP contribution in [0.4, 0.5) is 0 Å². The van der Waals surface area contributed by atoms with Crippen LogP contribution in [0.2, 0.25) is 0 Å². The van der Waals surface area contributed by atoms with Crippen molar-refractivity contribution in [1.82, 2.24) is 20.0 Å². The zero-order valence-corrected chi connectivity index (χ0v) is 20.0. The molecule has 4 heterocycles. The summed E-state index contributed by atoms with van der Waals surface area (Å²) < 4.78 is 6.40. The van der Waals surface area contributed by atoms with E-state index in [2.05, 4.69) is 10.2 Å². The zero-order chi connectivity index (χ0) is 24.7. The van der Waals surface area contributed by atoms with Crippen LogP contribution >= 0.6 is 0 Å². The predicted octanol–water partition coefficient (Wildman–Crippen LogP) is 3.95. The Hall–Kier alpha value is -3.94. The first kappa shape index (κ1) is 22.5. The molecule has 3 aliphatic heterocycles. The van der Waals surface area contributed by atoms with Gasteiger partial charge in [-0.15, -0.1) is 0 Å². The minimum Gasteiger partial charge on any atom is -0.486 e. The summed E-state index contributed by atoms with van der Waals surface area (Å²) in [6.07, 6.45) is 5.23. The largest absolute Gasteiger partial charge is 0.486 e. The molecule has 0 radical (unpaired) electrons. The van der Waals surface area contributed by atoms with Gasteiger partial charge in [-0.25, -0.2) is 0 Å². The Labute approximate surface area is 209 Å². The fourth-order valence-electron chi connectivity index (χ4n) is 5.54. The number of piperidine rings is 1. The lowest BCUT2D eigenvalue weighted by Crippen LogP contribution is -2.52. The van der Waals surface area contributed by atoms with Crippen molar-refractivity contribution in [2.24, 2.45) is 0 Å². The monoisotopic (exact) mass is 484 g/mol. The van der Waals surface area contributed by atoms with Gasteiger partial charge in [0.15, 0.2) is 5.78 Å². The molecule has 2 amide bonds. The van der Waals surface area contributed by atoms with Crippen LogP contribution < -0.4 is 4.74 Å². The van der Waals surface area contributed by atoms with Crippen molar-refractivity contribution in [1.29, 1.82) is 0 Å². The zero-order valence-electron chi connectivity index (χ0n) is 20.0. The lowest BCUT2D eigenvalue weighted by molar-refractivity contribution is -0.00571. The molecule has 3 aliphatic rings. The van der Waals surface area contributed by atoms with Gasteiger partial charge in [0.2, 0.25) is 0 Å². The van der Waals surface area contributed by atoms with Gasteiger partial charge in [-0.2, -0.15) is 5.10 Å². The highest BCUT2D eigenvalue weighted by atomic mass is 16.5. The predicted molar refractivity (Wildman–Crippen MR) is 133 cm³/mol. The van der Waals surface area contributed by atoms with Crippen molar-refractivity contribution in [3.05, 3.63) is 71.4 Å². The van der Waals surface area contributed by atoms with Gasteiger partial charge in [-0.3, -0.25) is 19.5 Å². The second kappa shape index (κ2) is 8.93. The molecule has 0 bridgehead atoms. The highest BCUT2D eigenvalue weighted by Crippen LogP contribution is 2.40. The first-order chi connectivity index (χ1) is 17.5. The second-order valence-electron chi connectivity index (χ2n) is 9.93. The fraction of sp³-hybridized carbons (Fsp3) is 0.357. The van der Waals surface area contributed by atoms with Crippen LogP contribution in [0.1, 0.15) is 63.2 Å². The minimum atomic E-state index is -0.613. The van der Waals surface area contributed by atoms with E-state index in [1.807, 2.05) is 40.1 Å². The average Bonchev–Trinajstić information content (AvgIpc) is 3.63. The summed E-state index contributed by atoms with van der Waals surface area (Å²) in [6, 6.07) is 14.6. The van der Waals surface area contributed by atoms with E-state index >= 15 is 0 Å². The van der Waals surface area contributed by atoms with Crippen LogP contribution in [0.5, 0.6) is 5.75 Å². The molecular formula is C28H28N4O4. The number of amides is 2. The smallest absolute Gasteiger partial charge is 0.253 e. The summed E-state index contributed by atoms with van der Waals surface area (Å²) >= 11 is 0. The molecule has 0 atom stereocenters. The molecule has 2 aromatic carbocycles. The van der Waals surface area contributed by atoms with Crippen LogP contribution in [-0.2, 0) is 0 Å². The summed E-state index contributed by atoms with van der Waals surface area (Å²) in [5, 5.41) is 7.00. The number of benzene rings is 2. The SMILES string of the molecule is O=C1CC2(CCN(C(=O)c3cccc(-c4cc[nH]n4)c3)CC2)Oc2ccc(C(=O)N3CCCC3)cc21. The maximum absolute atomic E-state index is 13.2. The Morgan fingerprint density at radius 2 is 1.61 bits per heavy atom. The number of carbonyl (C=O) groups excluding carboxylic acids is 3. The highest BCUT2D eigenvalue weighted by Gasteiger charge is 2.44. The molecule has 1 aromatic heterocycles. The summed E-state index contributed by atoms with van der Waals surface area (Å²) in [5.41, 5.74) is 2.71. The van der Waals surface area contributed by atoms with Crippen molar-refractivity contribution in [2.45, 2.75) is 37.7 Å². The van der Waals surface area contributed by atoms with Crippen LogP contribution in [0.15, 0.2) is 54.7 Å². The van der Waals surface area contributed by atoms with Crippen LogP contribution in [0.25, 0.3) is 11.3 Å². The summed E-state index contributed by atoms with van der Waals surface area (Å²) in [4.78, 5) is 42.8. The van der Waals surface area contributed by atoms with Crippen molar-refractivity contribution >= 4 is 17.6 Å². The third-order valence-electron chi connectivity index (χ3n) is 7.60. The third-order valence-corrected chi connectivity index (χ3v) is 7.60. The first-order valence-electron chi connectivity index (χ1n) is 12.6. The van der Waals surface area contributed by atoms with E-state index in [-0.39, 0.29) is 24.0 Å². The molecule has 1 N–H and O–H groups in total. The number of nitrogens with zero attached hydrogens (tertiary/aromatic N) is 3. The van der Waals surface area contributed by atoms with Gasteiger partial charge in [0.25, 0.3) is 11.8 Å². The molecule has 3 aromatic rings. The number of ether oxygens (including phenoxy) is 1. The summed E-state index contributed by atoms with van der Waals surface area (Å²) in [7, 11) is 0. The maximum atomic E-state index is 13.2. The van der Waals surface area contributed by atoms with Crippen LogP contribution in [-0.4, -0.2) is 69.4 Å². The molecule has 0 aliphatic carbocycles. The van der Waals surface area contributed by atoms with E-state index in [9.17, 15) is 14.4 Å². The van der Waals surface area contributed by atoms with Crippen molar-refractivity contribution < 1.29 is 19.1 Å². The number of hydrogen-bond acceptors (Lipinski definition) is 5. The molecule has 2 fully saturated rings. The summed E-state index contributed by atoms with van der Waals surface area (Å²) in [6.45, 7) is 2.57. The van der Waals surface area contributed by atoms with E-state index in [1.165, 1.54) is 0 Å². The van der Waals surface area contributed by atoms with Crippen molar-refractivity contribution in [2.75, 3.05) is 26.2 Å². The van der Waals surface area contributed by atoms with Crippen LogP contribution in [0.3, 0.4) is 0 Å². The number of ketones is 1. The Balaban J connectivity index is 1.14. The molecular weight excluding hydrogens is 456 g/mol. The molecule has 0 saturated carbocycles. The van der Waals surface area contributed by atoms with Gasteiger partial charge >= 0.3 is 0 Å². The highest BCUT2D eigenvalue weighted by molar-refractivity contribution is 6.04. The Kier molecular flexibility index (Phi) is 5.59. The number of Topliss-reactive ketones (excluding diaryl/α,β-unsaturated/α-hetero) is 1. The number of fused-ring (bicyclic) bond motifs is 1. The number of aromatic amines is 1. The molecule has 2 saturated heterocycles. The Morgan fingerprint density at radius 3 is 2.33 bits per heavy atom. The van der Waals surface area contributed by atoms with Gasteiger partial charge in [0.1, 0.15) is 11.4 Å². The van der Waals surface area contributed by atoms with E-state index in [0.717, 1.165) is 37.2 Å². The van der Waals surface area contributed by atoms with Crippen molar-refractivity contribution in [3.63, 3.8) is 0 Å². The molecule has 0 unspecified atom stereocenters. The quantitative estimate of drug-likeness (QED) is 0.607. The summed E-state index contributed by atoms with van der Waals surface area (Å²) in [5.74, 6) is 0.482. The maximum Gasteiger partial charge on any atom is 0.253 e. The van der Waals surface area contributed by atoms with E-state index < -0.39 is 5.60 Å². The molecule has 36 heavy (non-hydrogen) atoms. The van der Waals surface area contributed by atoms with Gasteiger partial charge in [0.05, 0.1) is 17.7 Å². The minimum absolute atomic E-state index is 0.00111. The number of nitrogens with one attached hydrogen (secondary N) is 1. The van der Waals surface area contributed by atoms with Gasteiger partial charge in [-0.05, 0) is 49.2 Å². The Morgan fingerprint density at radius 1 is 0.889 bits per heavy atom. The van der Waals surface area contributed by atoms with Crippen molar-refractivity contribution in [3.8, 4) is 17.0 Å². The van der Waals surface area contributed by atoms with Gasteiger partial charge in [-0.1, -0.05) is 12.1 Å². The Bertz CT molecular complexity index is 1320. The standard InChI is InChI=1S/C28H28N4O4/c33-24-18-28(36-25-7-6-21(17-22(24)25)27(35)31-12-1-2-13-31)9-14-32(15-10-28)26(34)20-5-3-4-19(16-20)23-8-11-29-30-23/h3-8,11,16-17H,1-2,9-10,12-15,18H2,(H,29,30). The van der Waals surface area contributed by atoms with Crippen LogP contribution in [0, 0.1) is 0 Å². The molecule has 8 heteroatoms.